The lowest BCUT2D eigenvalue weighted by Gasteiger charge is -2.44. The first-order chi connectivity index (χ1) is 39.5. The summed E-state index contributed by atoms with van der Waals surface area (Å²) in [6, 6.07) is 95.8. The average molecular weight is 1040 g/mol. The highest BCUT2D eigenvalue weighted by Gasteiger charge is 2.50. The smallest absolute Gasteiger partial charge is 0.123 e. The third-order valence-corrected chi connectivity index (χ3v) is 24.8. The van der Waals surface area contributed by atoms with Crippen LogP contribution >= 0.6 is 0 Å². The van der Waals surface area contributed by atoms with Gasteiger partial charge < -0.3 is 9.80 Å². The Kier molecular flexibility index (Phi) is 10.7. The fourth-order valence-corrected chi connectivity index (χ4v) is 21.4. The number of rotatable bonds is 9. The molecule has 12 aromatic carbocycles. The van der Waals surface area contributed by atoms with Gasteiger partial charge >= 0.3 is 0 Å². The Morgan fingerprint density at radius 2 is 0.963 bits per heavy atom. The molecule has 1 saturated heterocycles. The van der Waals surface area contributed by atoms with E-state index in [1.807, 2.05) is 0 Å². The molecule has 0 amide bonds. The molecule has 2 nitrogen and oxygen atoms in total. The van der Waals surface area contributed by atoms with Crippen LogP contribution in [0, 0.1) is 0 Å². The Bertz CT molecular complexity index is 4310. The van der Waals surface area contributed by atoms with Crippen LogP contribution in [0.2, 0.25) is 12.1 Å². The molecule has 4 aliphatic rings. The maximum absolute atomic E-state index is 2.60. The molecular formula is C77H62N2Si. The first kappa shape index (κ1) is 47.3. The molecule has 80 heavy (non-hydrogen) atoms. The van der Waals surface area contributed by atoms with Crippen LogP contribution in [-0.2, 0) is 10.8 Å². The second-order valence-corrected chi connectivity index (χ2v) is 27.7. The Balaban J connectivity index is 0.835. The van der Waals surface area contributed by atoms with E-state index in [0.717, 1.165) is 6.42 Å². The van der Waals surface area contributed by atoms with Crippen molar-refractivity contribution in [3.05, 3.63) is 287 Å². The largest absolute Gasteiger partial charge is 0.311 e. The first-order valence-corrected chi connectivity index (χ1v) is 31.7. The maximum atomic E-state index is 2.60. The van der Waals surface area contributed by atoms with Crippen LogP contribution in [0.15, 0.2) is 243 Å². The Hall–Kier alpha value is -8.76. The summed E-state index contributed by atoms with van der Waals surface area (Å²) in [4.78, 5) is 5.16. The number of para-hydroxylation sites is 4. The second kappa shape index (κ2) is 18.1. The molecule has 0 radical (unpaired) electrons. The molecule has 0 unspecified atom stereocenters. The first-order valence-electron chi connectivity index (χ1n) is 29.3. The van der Waals surface area contributed by atoms with Crippen molar-refractivity contribution >= 4 is 97.0 Å². The molecule has 1 aliphatic carbocycles. The normalized spacial score (nSPS) is 16.0. The molecule has 0 N–H and O–H groups in total. The predicted octanol–water partition coefficient (Wildman–Crippen LogP) is 19.5. The van der Waals surface area contributed by atoms with E-state index in [1.165, 1.54) is 160 Å². The van der Waals surface area contributed by atoms with Gasteiger partial charge in [0, 0.05) is 27.9 Å². The van der Waals surface area contributed by atoms with Gasteiger partial charge in [0.2, 0.25) is 0 Å². The Morgan fingerprint density at radius 3 is 1.60 bits per heavy atom. The van der Waals surface area contributed by atoms with E-state index in [-0.39, 0.29) is 5.41 Å². The van der Waals surface area contributed by atoms with Crippen LogP contribution in [0.25, 0.3) is 55.6 Å². The highest BCUT2D eigenvalue weighted by molar-refractivity contribution is 7.05. The fraction of sp³-hybridized carbons (Fsp3) is 0.143. The van der Waals surface area contributed by atoms with Crippen LogP contribution in [0.1, 0.15) is 90.5 Å². The van der Waals surface area contributed by atoms with E-state index in [0.29, 0.717) is 0 Å². The monoisotopic (exact) mass is 1040 g/mol. The summed E-state index contributed by atoms with van der Waals surface area (Å²) in [5.41, 5.74) is 20.1. The number of nitrogens with zero attached hydrogens (tertiary/aromatic N) is 2. The van der Waals surface area contributed by atoms with Gasteiger partial charge in [-0.2, -0.15) is 0 Å². The topological polar surface area (TPSA) is 6.48 Å². The standard InChI is InChI=1S/C77H62N2Si/c1-3-4-47-76(2)63-25-11-13-27-68(63)79(69-28-14-12-26-64(69)76)67-46-40-55-38-43-59-53(36-37-54-39-44-62(67)75(55)74(54)59)35-33-52-34-42-60-61-45-41-58(51-66(61)77(65(60)50-52,56-21-7-5-8-22-56)57-23-9-6-10-24-57)78-70-29-15-17-31-72(70)80(48-19-20-49-80)73-32-18-16-30-71(73)78/h5-18,21-46,50-51H,3-4,19-20,47-49H2,1-2H3. The maximum Gasteiger partial charge on any atom is 0.123 e. The summed E-state index contributed by atoms with van der Waals surface area (Å²) in [5, 5.41) is 10.9. The van der Waals surface area contributed by atoms with E-state index < -0.39 is 13.5 Å². The van der Waals surface area contributed by atoms with Gasteiger partial charge in [0.15, 0.2) is 0 Å². The molecule has 1 fully saturated rings. The van der Waals surface area contributed by atoms with Gasteiger partial charge in [0.05, 0.1) is 22.5 Å². The van der Waals surface area contributed by atoms with Crippen LogP contribution in [-0.4, -0.2) is 8.07 Å². The predicted molar refractivity (Wildman–Crippen MR) is 342 cm³/mol. The van der Waals surface area contributed by atoms with Crippen molar-refractivity contribution < 1.29 is 0 Å². The van der Waals surface area contributed by atoms with Gasteiger partial charge in [-0.15, -0.1) is 0 Å². The zero-order valence-electron chi connectivity index (χ0n) is 45.6. The van der Waals surface area contributed by atoms with Crippen molar-refractivity contribution in [2.45, 2.75) is 68.9 Å². The number of hydrogen-bond donors (Lipinski definition) is 0. The molecule has 3 heteroatoms. The Labute approximate surface area is 471 Å². The van der Waals surface area contributed by atoms with Crippen LogP contribution in [0.4, 0.5) is 34.1 Å². The van der Waals surface area contributed by atoms with Crippen LogP contribution < -0.4 is 20.2 Å². The van der Waals surface area contributed by atoms with E-state index in [2.05, 4.69) is 278 Å². The number of hydrogen-bond acceptors (Lipinski definition) is 2. The van der Waals surface area contributed by atoms with Crippen molar-refractivity contribution in [2.24, 2.45) is 0 Å². The van der Waals surface area contributed by atoms with Crippen molar-refractivity contribution in [3.63, 3.8) is 0 Å². The molecular weight excluding hydrogens is 981 g/mol. The van der Waals surface area contributed by atoms with Crippen LogP contribution in [0.3, 0.4) is 0 Å². The summed E-state index contributed by atoms with van der Waals surface area (Å²) < 4.78 is 0. The van der Waals surface area contributed by atoms with E-state index in [4.69, 9.17) is 0 Å². The van der Waals surface area contributed by atoms with E-state index in [1.54, 1.807) is 10.4 Å². The zero-order chi connectivity index (χ0) is 53.2. The lowest BCUT2D eigenvalue weighted by molar-refractivity contribution is 0.490. The van der Waals surface area contributed by atoms with Gasteiger partial charge in [0.1, 0.15) is 8.07 Å². The summed E-state index contributed by atoms with van der Waals surface area (Å²) in [6.45, 7) is 4.78. The summed E-state index contributed by atoms with van der Waals surface area (Å²) in [5.74, 6) is 0. The molecule has 12 aromatic rings. The highest BCUT2D eigenvalue weighted by Crippen LogP contribution is 2.59. The minimum atomic E-state index is -1.90. The third-order valence-electron chi connectivity index (χ3n) is 19.5. The third kappa shape index (κ3) is 6.65. The number of anilines is 6. The number of unbranched alkanes of at least 4 members (excludes halogenated alkanes) is 1. The SMILES string of the molecule is CCCCC1(C)c2ccccc2N(c2ccc3ccc4c(C=Cc5ccc6c(c5)C(c5ccccc5)(c5ccccc5)c5cc(N7c8ccccc8[Si]8(CCCC8)c8ccccc87)ccc5-6)ccc5ccc2c3c54)c2ccccc21. The lowest BCUT2D eigenvalue weighted by atomic mass is 9.67. The molecule has 16 rings (SSSR count). The minimum Gasteiger partial charge on any atom is -0.311 e. The van der Waals surface area contributed by atoms with E-state index >= 15 is 0 Å². The molecule has 0 saturated carbocycles. The summed E-state index contributed by atoms with van der Waals surface area (Å²) >= 11 is 0. The molecule has 0 bridgehead atoms. The lowest BCUT2D eigenvalue weighted by Crippen LogP contribution is -2.60. The van der Waals surface area contributed by atoms with Crippen molar-refractivity contribution in [1.29, 1.82) is 0 Å². The summed E-state index contributed by atoms with van der Waals surface area (Å²) in [6.07, 6.45) is 10.8. The molecule has 1 spiro atoms. The quantitative estimate of drug-likeness (QED) is 0.0808. The highest BCUT2D eigenvalue weighted by atomic mass is 28.3. The number of benzene rings is 12. The summed E-state index contributed by atoms with van der Waals surface area (Å²) in [7, 11) is -1.90. The van der Waals surface area contributed by atoms with Gasteiger partial charge in [-0.25, -0.2) is 0 Å². The molecule has 384 valence electrons. The van der Waals surface area contributed by atoms with Gasteiger partial charge in [-0.05, 0) is 160 Å². The zero-order valence-corrected chi connectivity index (χ0v) is 46.6. The minimum absolute atomic E-state index is 0.0740. The van der Waals surface area contributed by atoms with Gasteiger partial charge in [0.25, 0.3) is 0 Å². The average Bonchev–Trinajstić information content (AvgIpc) is 4.13. The number of fused-ring (bicyclic) bond motifs is 9. The van der Waals surface area contributed by atoms with Gasteiger partial charge in [-0.3, -0.25) is 0 Å². The Morgan fingerprint density at radius 1 is 0.438 bits per heavy atom. The van der Waals surface area contributed by atoms with Gasteiger partial charge in [-0.1, -0.05) is 246 Å². The van der Waals surface area contributed by atoms with Crippen molar-refractivity contribution in [1.82, 2.24) is 0 Å². The molecule has 0 aromatic heterocycles. The fourth-order valence-electron chi connectivity index (χ4n) is 15.9. The molecule has 0 atom stereocenters. The molecule has 3 heterocycles. The van der Waals surface area contributed by atoms with Crippen molar-refractivity contribution in [3.8, 4) is 11.1 Å². The van der Waals surface area contributed by atoms with E-state index in [9.17, 15) is 0 Å². The van der Waals surface area contributed by atoms with Crippen LogP contribution in [0.5, 0.6) is 0 Å². The second-order valence-electron chi connectivity index (χ2n) is 23.5. The van der Waals surface area contributed by atoms with Crippen molar-refractivity contribution in [2.75, 3.05) is 9.80 Å². The molecule has 3 aliphatic heterocycles.